The van der Waals surface area contributed by atoms with Crippen molar-refractivity contribution in [2.24, 2.45) is 0 Å². The molecule has 13 rings (SSSR count). The zero-order chi connectivity index (χ0) is 62.9. The normalized spacial score (nSPS) is 11.8. The Morgan fingerprint density at radius 2 is 0.933 bits per heavy atom. The van der Waals surface area contributed by atoms with Gasteiger partial charge < -0.3 is 14.2 Å². The predicted molar refractivity (Wildman–Crippen MR) is 388 cm³/mol. The summed E-state index contributed by atoms with van der Waals surface area (Å²) in [6.07, 6.45) is 7.89. The van der Waals surface area contributed by atoms with Gasteiger partial charge in [0.2, 0.25) is 0 Å². The topological polar surface area (TPSA) is 19.6 Å². The number of furan rings is 1. The van der Waals surface area contributed by atoms with Gasteiger partial charge in [-0.1, -0.05) is 238 Å². The van der Waals surface area contributed by atoms with Crippen molar-refractivity contribution in [1.29, 1.82) is 0 Å². The van der Waals surface area contributed by atoms with Crippen LogP contribution < -0.4 is 9.80 Å². The molecule has 1 aromatic heterocycles. The number of benzene rings is 11. The summed E-state index contributed by atoms with van der Waals surface area (Å²) >= 11 is 0. The van der Waals surface area contributed by atoms with Crippen molar-refractivity contribution in [2.75, 3.05) is 9.80 Å². The van der Waals surface area contributed by atoms with Crippen LogP contribution in [-0.2, 0) is 18.3 Å². The first-order valence-corrected chi connectivity index (χ1v) is 32.3. The maximum absolute atomic E-state index is 6.66. The molecule has 3 nitrogen and oxygen atoms in total. The minimum atomic E-state index is -0.790. The highest BCUT2D eigenvalue weighted by atomic mass is 16.3. The molecule has 3 heteroatoms. The average Bonchev–Trinajstić information content (AvgIpc) is 1.57. The van der Waals surface area contributed by atoms with E-state index in [4.69, 9.17) is 4.42 Å². The zero-order valence-electron chi connectivity index (χ0n) is 54.6. The van der Waals surface area contributed by atoms with E-state index in [1.165, 1.54) is 99.8 Å². The number of nitrogens with zero attached hydrogens (tertiary/aromatic N) is 2. The smallest absolute Gasteiger partial charge is 0.137 e. The first-order chi connectivity index (χ1) is 43.6. The lowest BCUT2D eigenvalue weighted by Crippen LogP contribution is -2.29. The van der Waals surface area contributed by atoms with Crippen LogP contribution >= 0.6 is 0 Å². The molecule has 1 aliphatic carbocycles. The molecule has 0 radical (unpaired) electrons. The van der Waals surface area contributed by atoms with Crippen molar-refractivity contribution in [3.05, 3.63) is 310 Å². The molecule has 0 unspecified atom stereocenters. The molecule has 0 atom stereocenters. The summed E-state index contributed by atoms with van der Waals surface area (Å²) in [6, 6.07) is 86.7. The van der Waals surface area contributed by atoms with Crippen molar-refractivity contribution in [2.45, 2.75) is 108 Å². The number of hydrogen-bond donors (Lipinski definition) is 0. The van der Waals surface area contributed by atoms with Crippen LogP contribution in [0, 0.1) is 27.7 Å². The highest BCUT2D eigenvalue weighted by Gasteiger charge is 2.48. The summed E-state index contributed by atoms with van der Waals surface area (Å²) < 4.78 is 6.66. The van der Waals surface area contributed by atoms with Crippen LogP contribution in [0.1, 0.15) is 129 Å². The monoisotopic (exact) mass is 1160 g/mol. The van der Waals surface area contributed by atoms with Crippen LogP contribution in [0.3, 0.4) is 0 Å². The van der Waals surface area contributed by atoms with E-state index in [1.54, 1.807) is 0 Å². The maximum Gasteiger partial charge on any atom is 0.137 e. The molecule has 0 amide bonds. The summed E-state index contributed by atoms with van der Waals surface area (Å²) in [7, 11) is 0. The second-order valence-electron chi connectivity index (χ2n) is 22.3. The SMILES string of the molecule is C=Cc1oc2cccc(N(c3ccc(-c4ccccc4C)c(C)c3)c3ccc4c(c3)C(c3cccc(CC)c3)(c3cccc(CC)c3)c3cc(N(c5ccccc5)c5ccc(C)c(-c6ccccc6C)c5)c5ccccc5c3-4)c2c1/C=C\C.CC.CC.CC. The molecule has 0 spiro atoms. The standard InChI is InChI=1S/C80H68N2O.3C2H6/c1-9-25-70-76(12-4)83-77-39-24-38-74(79(70)77)82(61-42-44-66(55(8)46-61)64-34-18-16-26-52(64)5)63-43-45-69-72(50-63)80(58-30-22-28-56(10-2)47-58,59-31-23-29-57(11-3)48-59)73-51-75(67-36-20-21-37-68(67)78(69)73)81(60-32-14-13-15-33-60)62-41-40-54(7)71(49-62)65-35-19-17-27-53(65)6;3*1-2/h9,12-51H,4,10-11H2,1-3,5-8H3;3*1-2H3/b25-9-;;;. The van der Waals surface area contributed by atoms with Crippen LogP contribution in [0.15, 0.2) is 248 Å². The van der Waals surface area contributed by atoms with E-state index in [-0.39, 0.29) is 0 Å². The minimum absolute atomic E-state index is 0.746. The Hall–Kier alpha value is -9.70. The third kappa shape index (κ3) is 11.2. The number of para-hydroxylation sites is 1. The quantitative estimate of drug-likeness (QED) is 0.108. The van der Waals surface area contributed by atoms with Crippen LogP contribution in [0.2, 0.25) is 0 Å². The number of anilines is 6. The molecular formula is C86H86N2O. The van der Waals surface area contributed by atoms with Crippen LogP contribution in [0.25, 0.3) is 67.3 Å². The molecule has 0 fully saturated rings. The Kier molecular flexibility index (Phi) is 19.3. The molecule has 0 saturated heterocycles. The average molecular weight is 1160 g/mol. The largest absolute Gasteiger partial charge is 0.456 e. The van der Waals surface area contributed by atoms with Crippen LogP contribution in [-0.4, -0.2) is 0 Å². The molecule has 1 heterocycles. The fraction of sp³-hybridized carbons (Fsp3) is 0.186. The molecule has 89 heavy (non-hydrogen) atoms. The number of allylic oxidation sites excluding steroid dienone is 1. The predicted octanol–water partition coefficient (Wildman–Crippen LogP) is 25.3. The van der Waals surface area contributed by atoms with Gasteiger partial charge in [0.05, 0.1) is 22.2 Å². The van der Waals surface area contributed by atoms with Crippen molar-refractivity contribution in [3.8, 4) is 33.4 Å². The second kappa shape index (κ2) is 27.6. The van der Waals surface area contributed by atoms with E-state index in [0.29, 0.717) is 0 Å². The highest BCUT2D eigenvalue weighted by Crippen LogP contribution is 2.61. The van der Waals surface area contributed by atoms with E-state index in [9.17, 15) is 0 Å². The van der Waals surface area contributed by atoms with Gasteiger partial charge in [-0.05, 0) is 215 Å². The third-order valence-electron chi connectivity index (χ3n) is 17.5. The Bertz CT molecular complexity index is 4470. The lowest BCUT2D eigenvalue weighted by molar-refractivity contribution is 0.603. The second-order valence-corrected chi connectivity index (χ2v) is 22.3. The van der Waals surface area contributed by atoms with Crippen molar-refractivity contribution in [1.82, 2.24) is 0 Å². The molecule has 446 valence electrons. The van der Waals surface area contributed by atoms with Crippen molar-refractivity contribution >= 4 is 68.0 Å². The Balaban J connectivity index is 0.00000141. The Morgan fingerprint density at radius 3 is 1.54 bits per heavy atom. The van der Waals surface area contributed by atoms with Gasteiger partial charge in [0, 0.05) is 33.7 Å². The van der Waals surface area contributed by atoms with Gasteiger partial charge in [-0.15, -0.1) is 0 Å². The summed E-state index contributed by atoms with van der Waals surface area (Å²) in [5, 5.41) is 3.41. The molecule has 12 aromatic rings. The van der Waals surface area contributed by atoms with E-state index in [0.717, 1.165) is 69.3 Å². The Labute approximate surface area is 531 Å². The lowest BCUT2D eigenvalue weighted by atomic mass is 9.66. The first-order valence-electron chi connectivity index (χ1n) is 32.3. The van der Waals surface area contributed by atoms with Crippen molar-refractivity contribution < 1.29 is 4.42 Å². The van der Waals surface area contributed by atoms with E-state index in [2.05, 4.69) is 308 Å². The van der Waals surface area contributed by atoms with Gasteiger partial charge in [0.15, 0.2) is 0 Å². The molecule has 0 bridgehead atoms. The van der Waals surface area contributed by atoms with Gasteiger partial charge in [-0.3, -0.25) is 0 Å². The summed E-state index contributed by atoms with van der Waals surface area (Å²) in [5.41, 5.74) is 27.3. The Morgan fingerprint density at radius 1 is 0.416 bits per heavy atom. The van der Waals surface area contributed by atoms with Gasteiger partial charge in [-0.2, -0.15) is 0 Å². The van der Waals surface area contributed by atoms with Gasteiger partial charge >= 0.3 is 0 Å². The number of hydrogen-bond acceptors (Lipinski definition) is 3. The van der Waals surface area contributed by atoms with Crippen molar-refractivity contribution in [3.63, 3.8) is 0 Å². The zero-order valence-corrected chi connectivity index (χ0v) is 54.6. The fourth-order valence-corrected chi connectivity index (χ4v) is 13.5. The summed E-state index contributed by atoms with van der Waals surface area (Å²) in [6.45, 7) is 31.7. The molecular weight excluding hydrogens is 1080 g/mol. The van der Waals surface area contributed by atoms with E-state index < -0.39 is 5.41 Å². The minimum Gasteiger partial charge on any atom is -0.456 e. The molecule has 0 saturated carbocycles. The lowest BCUT2D eigenvalue weighted by Gasteiger charge is -2.36. The molecule has 11 aromatic carbocycles. The third-order valence-corrected chi connectivity index (χ3v) is 17.5. The number of fused-ring (bicyclic) bond motifs is 6. The van der Waals surface area contributed by atoms with Crippen LogP contribution in [0.5, 0.6) is 0 Å². The first kappa shape index (κ1) is 62.4. The molecule has 0 N–H and O–H groups in total. The summed E-state index contributed by atoms with van der Waals surface area (Å²) in [4.78, 5) is 4.97. The molecule has 0 aliphatic heterocycles. The van der Waals surface area contributed by atoms with Gasteiger partial charge in [0.25, 0.3) is 0 Å². The van der Waals surface area contributed by atoms with Gasteiger partial charge in [0.1, 0.15) is 11.3 Å². The van der Waals surface area contributed by atoms with E-state index in [1.807, 2.05) is 47.6 Å². The van der Waals surface area contributed by atoms with Crippen LogP contribution in [0.4, 0.5) is 34.1 Å². The fourth-order valence-electron chi connectivity index (χ4n) is 13.5. The number of aryl methyl sites for hydroxylation is 6. The maximum atomic E-state index is 6.66. The number of rotatable bonds is 14. The summed E-state index contributed by atoms with van der Waals surface area (Å²) in [5.74, 6) is 0.746. The highest BCUT2D eigenvalue weighted by molar-refractivity contribution is 6.12. The van der Waals surface area contributed by atoms with Gasteiger partial charge in [-0.25, -0.2) is 0 Å². The van der Waals surface area contributed by atoms with E-state index >= 15 is 0 Å². The molecule has 1 aliphatic rings.